The molecule has 23 heavy (non-hydrogen) atoms. The minimum absolute atomic E-state index is 0.0470. The third kappa shape index (κ3) is 4.10. The molecule has 0 saturated carbocycles. The van der Waals surface area contributed by atoms with Gasteiger partial charge in [-0.1, -0.05) is 34.8 Å². The van der Waals surface area contributed by atoms with Gasteiger partial charge in [-0.05, 0) is 18.2 Å². The van der Waals surface area contributed by atoms with Crippen molar-refractivity contribution in [1.82, 2.24) is 10.6 Å². The van der Waals surface area contributed by atoms with Gasteiger partial charge in [0.05, 0.1) is 21.3 Å². The van der Waals surface area contributed by atoms with Crippen molar-refractivity contribution in [2.75, 3.05) is 13.1 Å². The summed E-state index contributed by atoms with van der Waals surface area (Å²) in [5, 5.41) is 14.7. The molecule has 0 unspecified atom stereocenters. The van der Waals surface area contributed by atoms with Gasteiger partial charge in [0.2, 0.25) is 0 Å². The Hall–Kier alpha value is -1.89. The fourth-order valence-electron chi connectivity index (χ4n) is 1.73. The van der Waals surface area contributed by atoms with Crippen LogP contribution in [-0.2, 0) is 0 Å². The van der Waals surface area contributed by atoms with Gasteiger partial charge in [-0.25, -0.2) is 0 Å². The van der Waals surface area contributed by atoms with Gasteiger partial charge in [0, 0.05) is 13.1 Å². The van der Waals surface area contributed by atoms with E-state index in [1.807, 2.05) is 0 Å². The highest BCUT2D eigenvalue weighted by molar-refractivity contribution is 6.45. The van der Waals surface area contributed by atoms with Crippen LogP contribution in [0.5, 0.6) is 5.75 Å². The molecule has 0 saturated heterocycles. The molecule has 0 radical (unpaired) electrons. The summed E-state index contributed by atoms with van der Waals surface area (Å²) < 4.78 is 4.92. The second-order valence-corrected chi connectivity index (χ2v) is 5.56. The number of carbonyl (C=O) groups is 2. The summed E-state index contributed by atoms with van der Waals surface area (Å²) in [6.07, 6.45) is 1.38. The Kier molecular flexibility index (Phi) is 5.76. The van der Waals surface area contributed by atoms with Gasteiger partial charge >= 0.3 is 0 Å². The van der Waals surface area contributed by atoms with Crippen LogP contribution in [0.4, 0.5) is 0 Å². The van der Waals surface area contributed by atoms with E-state index in [9.17, 15) is 14.7 Å². The standard InChI is InChI=1S/C14H11Cl3N2O4/c15-7-6-8(16)12(20)10(11(7)17)14(22)19-4-3-18-13(21)9-2-1-5-23-9/h1-2,5-6,20H,3-4H2,(H,18,21)(H,19,22). The highest BCUT2D eigenvalue weighted by Gasteiger charge is 2.21. The van der Waals surface area contributed by atoms with E-state index >= 15 is 0 Å². The van der Waals surface area contributed by atoms with Crippen LogP contribution in [0, 0.1) is 0 Å². The van der Waals surface area contributed by atoms with Crippen LogP contribution < -0.4 is 10.6 Å². The molecule has 0 bridgehead atoms. The quantitative estimate of drug-likeness (QED) is 0.551. The van der Waals surface area contributed by atoms with Crippen molar-refractivity contribution in [3.63, 3.8) is 0 Å². The molecule has 0 atom stereocenters. The van der Waals surface area contributed by atoms with Crippen molar-refractivity contribution in [2.45, 2.75) is 0 Å². The average molecular weight is 378 g/mol. The predicted molar refractivity (Wildman–Crippen MR) is 86.5 cm³/mol. The number of carbonyl (C=O) groups excluding carboxylic acids is 2. The number of nitrogens with one attached hydrogen (secondary N) is 2. The number of furan rings is 1. The van der Waals surface area contributed by atoms with E-state index in [2.05, 4.69) is 10.6 Å². The Bertz CT molecular complexity index is 706. The molecule has 2 rings (SSSR count). The van der Waals surface area contributed by atoms with Crippen LogP contribution in [-0.4, -0.2) is 30.0 Å². The van der Waals surface area contributed by atoms with Gasteiger partial charge < -0.3 is 20.2 Å². The summed E-state index contributed by atoms with van der Waals surface area (Å²) in [5.74, 6) is -1.36. The molecular formula is C14H11Cl3N2O4. The van der Waals surface area contributed by atoms with E-state index < -0.39 is 17.6 Å². The lowest BCUT2D eigenvalue weighted by Crippen LogP contribution is -2.34. The molecule has 2 aromatic rings. The summed E-state index contributed by atoms with van der Waals surface area (Å²) >= 11 is 17.5. The number of rotatable bonds is 5. The Balaban J connectivity index is 1.92. The lowest BCUT2D eigenvalue weighted by Gasteiger charge is -2.11. The Morgan fingerprint density at radius 1 is 1.09 bits per heavy atom. The maximum absolute atomic E-state index is 12.1. The SMILES string of the molecule is O=C(NCCNC(=O)c1c(O)c(Cl)cc(Cl)c1Cl)c1ccco1. The molecule has 122 valence electrons. The minimum atomic E-state index is -0.663. The van der Waals surface area contributed by atoms with E-state index in [1.54, 1.807) is 6.07 Å². The first-order valence-corrected chi connectivity index (χ1v) is 7.51. The monoisotopic (exact) mass is 376 g/mol. The van der Waals surface area contributed by atoms with Gasteiger partial charge in [-0.2, -0.15) is 0 Å². The number of amides is 2. The summed E-state index contributed by atoms with van der Waals surface area (Å²) in [4.78, 5) is 23.7. The normalized spacial score (nSPS) is 10.4. The predicted octanol–water partition coefficient (Wildman–Crippen LogP) is 3.11. The minimum Gasteiger partial charge on any atom is -0.505 e. The van der Waals surface area contributed by atoms with Crippen LogP contribution in [0.3, 0.4) is 0 Å². The Morgan fingerprint density at radius 2 is 1.74 bits per heavy atom. The smallest absolute Gasteiger partial charge is 0.287 e. The number of halogens is 3. The number of hydrogen-bond acceptors (Lipinski definition) is 4. The number of benzene rings is 1. The zero-order valence-corrected chi connectivity index (χ0v) is 13.8. The molecular weight excluding hydrogens is 367 g/mol. The maximum Gasteiger partial charge on any atom is 0.287 e. The van der Waals surface area contributed by atoms with Gasteiger partial charge in [0.25, 0.3) is 11.8 Å². The van der Waals surface area contributed by atoms with Gasteiger partial charge in [-0.3, -0.25) is 9.59 Å². The molecule has 1 aromatic heterocycles. The molecule has 0 fully saturated rings. The number of hydrogen-bond donors (Lipinski definition) is 3. The largest absolute Gasteiger partial charge is 0.505 e. The summed E-state index contributed by atoms with van der Waals surface area (Å²) in [6, 6.07) is 4.34. The van der Waals surface area contributed by atoms with Crippen LogP contribution >= 0.6 is 34.8 Å². The van der Waals surface area contributed by atoms with Gasteiger partial charge in [-0.15, -0.1) is 0 Å². The summed E-state index contributed by atoms with van der Waals surface area (Å²) in [7, 11) is 0. The molecule has 0 spiro atoms. The fraction of sp³-hybridized carbons (Fsp3) is 0.143. The van der Waals surface area contributed by atoms with Gasteiger partial charge in [0.15, 0.2) is 5.76 Å². The third-order valence-electron chi connectivity index (χ3n) is 2.81. The van der Waals surface area contributed by atoms with E-state index in [1.165, 1.54) is 18.4 Å². The molecule has 1 aromatic carbocycles. The van der Waals surface area contributed by atoms with E-state index in [-0.39, 0.29) is 39.5 Å². The van der Waals surface area contributed by atoms with Crippen molar-refractivity contribution >= 4 is 46.6 Å². The van der Waals surface area contributed by atoms with Crippen molar-refractivity contribution in [3.05, 3.63) is 50.9 Å². The van der Waals surface area contributed by atoms with Crippen molar-refractivity contribution < 1.29 is 19.1 Å². The average Bonchev–Trinajstić information content (AvgIpc) is 3.04. The summed E-state index contributed by atoms with van der Waals surface area (Å²) in [5.41, 5.74) is -0.221. The van der Waals surface area contributed by atoms with Crippen molar-refractivity contribution in [1.29, 1.82) is 0 Å². The van der Waals surface area contributed by atoms with Crippen molar-refractivity contribution in [2.24, 2.45) is 0 Å². The molecule has 2 amide bonds. The highest BCUT2D eigenvalue weighted by Crippen LogP contribution is 2.38. The van der Waals surface area contributed by atoms with E-state index in [0.29, 0.717) is 0 Å². The lowest BCUT2D eigenvalue weighted by atomic mass is 10.2. The summed E-state index contributed by atoms with van der Waals surface area (Å²) in [6.45, 7) is 0.253. The molecule has 3 N–H and O–H groups in total. The van der Waals surface area contributed by atoms with E-state index in [0.717, 1.165) is 0 Å². The number of aromatic hydroxyl groups is 1. The lowest BCUT2D eigenvalue weighted by molar-refractivity contribution is 0.0909. The van der Waals surface area contributed by atoms with Crippen LogP contribution in [0.15, 0.2) is 28.9 Å². The van der Waals surface area contributed by atoms with Crippen LogP contribution in [0.25, 0.3) is 0 Å². The Labute approximate surface area is 146 Å². The topological polar surface area (TPSA) is 91.6 Å². The molecule has 0 aliphatic rings. The Morgan fingerprint density at radius 3 is 2.35 bits per heavy atom. The molecule has 0 aliphatic carbocycles. The van der Waals surface area contributed by atoms with Crippen LogP contribution in [0.1, 0.15) is 20.9 Å². The first-order valence-electron chi connectivity index (χ1n) is 6.38. The molecule has 0 aliphatic heterocycles. The zero-order chi connectivity index (χ0) is 17.0. The fourth-order valence-corrected chi connectivity index (χ4v) is 2.42. The van der Waals surface area contributed by atoms with Crippen molar-refractivity contribution in [3.8, 4) is 5.75 Å². The van der Waals surface area contributed by atoms with Crippen LogP contribution in [0.2, 0.25) is 15.1 Å². The molecule has 6 nitrogen and oxygen atoms in total. The first-order chi connectivity index (χ1) is 10.9. The zero-order valence-electron chi connectivity index (χ0n) is 11.5. The first kappa shape index (κ1) is 17.5. The van der Waals surface area contributed by atoms with E-state index in [4.69, 9.17) is 39.2 Å². The molecule has 9 heteroatoms. The highest BCUT2D eigenvalue weighted by atomic mass is 35.5. The second kappa shape index (κ2) is 7.59. The third-order valence-corrected chi connectivity index (χ3v) is 3.89. The maximum atomic E-state index is 12.1. The second-order valence-electron chi connectivity index (χ2n) is 4.37. The van der Waals surface area contributed by atoms with Gasteiger partial charge in [0.1, 0.15) is 11.3 Å². The molecule has 1 heterocycles. The number of phenolic OH excluding ortho intramolecular Hbond substituents is 1. The number of phenols is 1.